The number of nitrogens with two attached hydrogens (primary N) is 1. The minimum atomic E-state index is -2.74. The summed E-state index contributed by atoms with van der Waals surface area (Å²) in [5, 5.41) is 27.6. The molecule has 0 aliphatic rings. The summed E-state index contributed by atoms with van der Waals surface area (Å²) < 4.78 is 29.1. The van der Waals surface area contributed by atoms with Crippen LogP contribution in [0.25, 0.3) is 0 Å². The van der Waals surface area contributed by atoms with Gasteiger partial charge in [-0.3, -0.25) is 0 Å². The van der Waals surface area contributed by atoms with Crippen LogP contribution in [0.3, 0.4) is 0 Å². The minimum Gasteiger partial charge on any atom is -0.508 e. The average molecular weight is 173 g/mol. The van der Waals surface area contributed by atoms with E-state index in [0.29, 0.717) is 6.07 Å². The lowest BCUT2D eigenvalue weighted by Crippen LogP contribution is -2.02. The Balaban J connectivity index is 3.39. The molecule has 0 aromatic heterocycles. The Morgan fingerprint density at radius 2 is 1.75 bits per heavy atom. The van der Waals surface area contributed by atoms with Crippen molar-refractivity contribution in [2.75, 3.05) is 6.50 Å². The molecule has 0 heterocycles. The van der Waals surface area contributed by atoms with E-state index in [0.717, 1.165) is 6.07 Å². The lowest BCUT2D eigenvalue weighted by Gasteiger charge is -2.04. The first-order chi connectivity index (χ1) is 7.07. The fraction of sp³-hybridized carbons (Fsp3) is 0.250. The highest BCUT2D eigenvalue weighted by molar-refractivity contribution is 5.48. The van der Waals surface area contributed by atoms with Crippen LogP contribution >= 0.6 is 0 Å². The molecule has 12 heavy (non-hydrogen) atoms. The van der Waals surface area contributed by atoms with Crippen LogP contribution in [-0.4, -0.2) is 21.8 Å². The van der Waals surface area contributed by atoms with Crippen LogP contribution in [0, 0.1) is 0 Å². The first-order valence-electron chi connectivity index (χ1n) is 5.11. The van der Waals surface area contributed by atoms with E-state index in [1.54, 1.807) is 0 Å². The number of rotatable bonds is 2. The van der Waals surface area contributed by atoms with Gasteiger partial charge >= 0.3 is 0 Å². The normalized spacial score (nSPS) is 17.4. The fourth-order valence-corrected chi connectivity index (χ4v) is 0.744. The second-order valence-corrected chi connectivity index (χ2v) is 2.13. The third-order valence-corrected chi connectivity index (χ3v) is 1.30. The number of aryl methyl sites for hydroxylation is 1. The van der Waals surface area contributed by atoms with Gasteiger partial charge in [0.2, 0.25) is 0 Å². The minimum absolute atomic E-state index is 0.532. The molecular weight excluding hydrogens is 158 g/mol. The van der Waals surface area contributed by atoms with Gasteiger partial charge in [0, 0.05) is 11.5 Å². The highest BCUT2D eigenvalue weighted by Gasteiger charge is 2.06. The quantitative estimate of drug-likeness (QED) is 0.383. The van der Waals surface area contributed by atoms with Gasteiger partial charge in [-0.2, -0.15) is 0 Å². The van der Waals surface area contributed by atoms with Crippen LogP contribution in [-0.2, 0) is 6.37 Å². The van der Waals surface area contributed by atoms with Gasteiger partial charge in [0.25, 0.3) is 0 Å². The molecule has 66 valence electrons. The van der Waals surface area contributed by atoms with Crippen LogP contribution in [0.15, 0.2) is 12.1 Å². The van der Waals surface area contributed by atoms with E-state index >= 15 is 0 Å². The van der Waals surface area contributed by atoms with Crippen LogP contribution in [0.5, 0.6) is 17.2 Å². The van der Waals surface area contributed by atoms with E-state index < -0.39 is 35.7 Å². The second kappa shape index (κ2) is 3.32. The Hall–Kier alpha value is -1.42. The van der Waals surface area contributed by atoms with Crippen LogP contribution < -0.4 is 5.73 Å². The van der Waals surface area contributed by atoms with Gasteiger partial charge in [0.15, 0.2) is 11.5 Å². The molecule has 0 aliphatic heterocycles. The molecule has 4 nitrogen and oxygen atoms in total. The summed E-state index contributed by atoms with van der Waals surface area (Å²) in [5.41, 5.74) is 4.47. The van der Waals surface area contributed by atoms with E-state index in [-0.39, 0.29) is 0 Å². The van der Waals surface area contributed by atoms with Crippen molar-refractivity contribution in [1.29, 1.82) is 0 Å². The molecule has 1 rings (SSSR count). The zero-order valence-corrected chi connectivity index (χ0v) is 6.07. The third kappa shape index (κ3) is 1.60. The van der Waals surface area contributed by atoms with E-state index in [9.17, 15) is 5.11 Å². The van der Waals surface area contributed by atoms with Crippen molar-refractivity contribution in [3.05, 3.63) is 17.7 Å². The second-order valence-electron chi connectivity index (χ2n) is 2.13. The van der Waals surface area contributed by atoms with Gasteiger partial charge in [-0.1, -0.05) is 0 Å². The molecule has 0 saturated carbocycles. The first kappa shape index (κ1) is 4.57. The van der Waals surface area contributed by atoms with Crippen molar-refractivity contribution >= 4 is 0 Å². The molecule has 5 N–H and O–H groups in total. The Morgan fingerprint density at radius 3 is 2.33 bits per heavy atom. The Morgan fingerprint density at radius 1 is 1.17 bits per heavy atom. The SMILES string of the molecule is [2H]C([2H])(N)C([2H])([2H])c1cc(O)c(O)cc1O. The van der Waals surface area contributed by atoms with Crippen molar-refractivity contribution in [3.8, 4) is 17.2 Å². The van der Waals surface area contributed by atoms with Crippen LogP contribution in [0.2, 0.25) is 0 Å². The van der Waals surface area contributed by atoms with Crippen LogP contribution in [0.4, 0.5) is 0 Å². The summed E-state index contributed by atoms with van der Waals surface area (Å²) >= 11 is 0. The van der Waals surface area contributed by atoms with Gasteiger partial charge in [-0.25, -0.2) is 0 Å². The standard InChI is InChI=1S/C8H11NO3/c9-2-1-5-3-7(11)8(12)4-6(5)10/h3-4,10-12H,1-2,9H2/i1D2,2D2. The summed E-state index contributed by atoms with van der Waals surface area (Å²) in [6.07, 6.45) is -2.71. The lowest BCUT2D eigenvalue weighted by atomic mass is 10.1. The molecule has 0 unspecified atom stereocenters. The topological polar surface area (TPSA) is 86.7 Å². The Labute approximate surface area is 75.5 Å². The molecule has 0 amide bonds. The zero-order valence-electron chi connectivity index (χ0n) is 10.1. The number of aromatic hydroxyl groups is 3. The number of phenolic OH excluding ortho intramolecular Hbond substituents is 3. The molecule has 0 radical (unpaired) electrons. The third-order valence-electron chi connectivity index (χ3n) is 1.30. The summed E-state index contributed by atoms with van der Waals surface area (Å²) in [5.74, 6) is -1.98. The lowest BCUT2D eigenvalue weighted by molar-refractivity contribution is 0.394. The molecule has 4 heteroatoms. The number of phenols is 3. The van der Waals surface area contributed by atoms with Crippen molar-refractivity contribution < 1.29 is 20.8 Å². The Bertz CT molecular complexity index is 416. The van der Waals surface area contributed by atoms with Gasteiger partial charge in [-0.15, -0.1) is 0 Å². The number of hydrogen-bond acceptors (Lipinski definition) is 4. The maximum Gasteiger partial charge on any atom is 0.161 e. The van der Waals surface area contributed by atoms with E-state index in [2.05, 4.69) is 0 Å². The summed E-state index contributed by atoms with van der Waals surface area (Å²) in [7, 11) is 0. The summed E-state index contributed by atoms with van der Waals surface area (Å²) in [4.78, 5) is 0. The molecule has 1 aromatic rings. The molecule has 0 fully saturated rings. The highest BCUT2D eigenvalue weighted by atomic mass is 16.3. The summed E-state index contributed by atoms with van der Waals surface area (Å²) in [6, 6.07) is 1.45. The predicted octanol–water partition coefficient (Wildman–Crippen LogP) is 0.305. The van der Waals surface area contributed by atoms with Crippen LogP contribution in [0.1, 0.15) is 11.0 Å². The monoisotopic (exact) mass is 173 g/mol. The molecule has 0 bridgehead atoms. The molecular formula is C8H11NO3. The van der Waals surface area contributed by atoms with Gasteiger partial charge in [0.1, 0.15) is 5.75 Å². The zero-order chi connectivity index (χ0) is 12.7. The molecule has 0 atom stereocenters. The average Bonchev–Trinajstić information content (AvgIpc) is 2.09. The van der Waals surface area contributed by atoms with Crippen molar-refractivity contribution in [2.24, 2.45) is 5.73 Å². The Kier molecular flexibility index (Phi) is 1.26. The molecule has 1 aromatic carbocycles. The maximum atomic E-state index is 9.38. The largest absolute Gasteiger partial charge is 0.508 e. The van der Waals surface area contributed by atoms with E-state index in [4.69, 9.17) is 21.4 Å². The molecule has 0 aliphatic carbocycles. The van der Waals surface area contributed by atoms with E-state index in [1.165, 1.54) is 0 Å². The number of benzene rings is 1. The van der Waals surface area contributed by atoms with E-state index in [1.807, 2.05) is 0 Å². The smallest absolute Gasteiger partial charge is 0.161 e. The maximum absolute atomic E-state index is 9.38. The van der Waals surface area contributed by atoms with Gasteiger partial charge < -0.3 is 21.1 Å². The fourth-order valence-electron chi connectivity index (χ4n) is 0.744. The van der Waals surface area contributed by atoms with Gasteiger partial charge in [-0.05, 0) is 24.5 Å². The van der Waals surface area contributed by atoms with Crippen molar-refractivity contribution in [3.63, 3.8) is 0 Å². The highest BCUT2D eigenvalue weighted by Crippen LogP contribution is 2.31. The summed E-state index contributed by atoms with van der Waals surface area (Å²) in [6.45, 7) is -2.74. The van der Waals surface area contributed by atoms with Gasteiger partial charge in [0.05, 0.1) is 0 Å². The number of hydrogen-bond donors (Lipinski definition) is 4. The predicted molar refractivity (Wildman–Crippen MR) is 44.2 cm³/mol. The first-order valence-corrected chi connectivity index (χ1v) is 3.11. The molecule has 0 spiro atoms. The van der Waals surface area contributed by atoms with Crippen molar-refractivity contribution in [2.45, 2.75) is 6.37 Å². The van der Waals surface area contributed by atoms with Crippen molar-refractivity contribution in [1.82, 2.24) is 0 Å². The molecule has 0 saturated heterocycles.